The first-order chi connectivity index (χ1) is 6.85. The number of β-amino-alcohol motifs (C(OH)–C–C–N with tert-alkyl or cyclic N) is 1. The molecule has 1 aliphatic heterocycles. The first-order valence-electron chi connectivity index (χ1n) is 4.75. The molecule has 0 bridgehead atoms. The number of hydrogen-bond acceptors (Lipinski definition) is 4. The average Bonchev–Trinajstić information content (AvgIpc) is 2.08. The Bertz CT molecular complexity index is 294. The van der Waals surface area contributed by atoms with Gasteiger partial charge in [0.1, 0.15) is 11.0 Å². The molecule has 0 atom stereocenters. The van der Waals surface area contributed by atoms with Crippen LogP contribution in [0.2, 0.25) is 0 Å². The van der Waals surface area contributed by atoms with Crippen LogP contribution in [0.1, 0.15) is 12.8 Å². The lowest BCUT2D eigenvalue weighted by molar-refractivity contribution is -0.255. The summed E-state index contributed by atoms with van der Waals surface area (Å²) in [6, 6.07) is 0. The molecule has 1 saturated carbocycles. The van der Waals surface area contributed by atoms with E-state index in [0.717, 1.165) is 7.11 Å². The summed E-state index contributed by atoms with van der Waals surface area (Å²) < 4.78 is 30.3. The van der Waals surface area contributed by atoms with Crippen LogP contribution in [0, 0.1) is 5.41 Å². The van der Waals surface area contributed by atoms with Crippen LogP contribution in [0.25, 0.3) is 0 Å². The Balaban J connectivity index is 2.23. The molecule has 4 nitrogen and oxygen atoms in total. The number of halogens is 2. The summed E-state index contributed by atoms with van der Waals surface area (Å²) >= 11 is 0. The van der Waals surface area contributed by atoms with Crippen molar-refractivity contribution in [1.29, 1.82) is 0 Å². The summed E-state index contributed by atoms with van der Waals surface area (Å²) in [7, 11) is 1.15. The van der Waals surface area contributed by atoms with Gasteiger partial charge in [-0.05, 0) is 0 Å². The molecule has 1 aliphatic carbocycles. The van der Waals surface area contributed by atoms with Crippen molar-refractivity contribution in [3.05, 3.63) is 0 Å². The van der Waals surface area contributed by atoms with Gasteiger partial charge in [0.15, 0.2) is 0 Å². The number of hydrogen-bond donors (Lipinski definition) is 2. The molecule has 0 spiro atoms. The van der Waals surface area contributed by atoms with Gasteiger partial charge in [-0.3, -0.25) is 4.79 Å². The monoisotopic (exact) mass is 221 g/mol. The molecule has 2 N–H and O–H groups in total. The lowest BCUT2D eigenvalue weighted by Crippen LogP contribution is -2.75. The van der Waals surface area contributed by atoms with E-state index in [2.05, 4.69) is 10.1 Å². The molecule has 6 heteroatoms. The quantitative estimate of drug-likeness (QED) is 0.640. The molecule has 0 radical (unpaired) electrons. The van der Waals surface area contributed by atoms with E-state index >= 15 is 0 Å². The Morgan fingerprint density at radius 2 is 1.93 bits per heavy atom. The minimum absolute atomic E-state index is 0.165. The smallest absolute Gasteiger partial charge is 0.315 e. The van der Waals surface area contributed by atoms with Crippen LogP contribution in [-0.2, 0) is 9.53 Å². The van der Waals surface area contributed by atoms with E-state index in [1.165, 1.54) is 0 Å². The van der Waals surface area contributed by atoms with Gasteiger partial charge in [-0.15, -0.1) is 0 Å². The fourth-order valence-corrected chi connectivity index (χ4v) is 2.39. The Hall–Kier alpha value is -0.750. The number of rotatable bonds is 2. The largest absolute Gasteiger partial charge is 0.469 e. The number of nitrogens with one attached hydrogen (secondary N) is 1. The van der Waals surface area contributed by atoms with E-state index < -0.39 is 35.7 Å². The van der Waals surface area contributed by atoms with E-state index in [1.54, 1.807) is 0 Å². The standard InChI is InChI=1S/C9H13F2NO3/c1-15-6(13)7(2-9(10,11)3-7)8(14)4-12-5-8/h12,14H,2-5H2,1H3. The van der Waals surface area contributed by atoms with Crippen LogP contribution >= 0.6 is 0 Å². The number of aliphatic hydroxyl groups is 1. The Labute approximate surface area is 85.6 Å². The van der Waals surface area contributed by atoms with Crippen molar-refractivity contribution in [2.45, 2.75) is 24.4 Å². The summed E-state index contributed by atoms with van der Waals surface area (Å²) in [6.45, 7) is 0.330. The van der Waals surface area contributed by atoms with Gasteiger partial charge in [0.2, 0.25) is 0 Å². The molecule has 15 heavy (non-hydrogen) atoms. The van der Waals surface area contributed by atoms with Crippen molar-refractivity contribution < 1.29 is 23.4 Å². The molecule has 2 rings (SSSR count). The highest BCUT2D eigenvalue weighted by molar-refractivity contribution is 5.80. The highest BCUT2D eigenvalue weighted by Gasteiger charge is 2.72. The number of carbonyl (C=O) groups excluding carboxylic acids is 1. The lowest BCUT2D eigenvalue weighted by atomic mass is 9.54. The molecule has 1 heterocycles. The van der Waals surface area contributed by atoms with E-state index in [9.17, 15) is 18.7 Å². The van der Waals surface area contributed by atoms with Crippen molar-refractivity contribution in [3.63, 3.8) is 0 Å². The van der Waals surface area contributed by atoms with Crippen molar-refractivity contribution in [1.82, 2.24) is 5.32 Å². The first-order valence-corrected chi connectivity index (χ1v) is 4.75. The Morgan fingerprint density at radius 1 is 1.40 bits per heavy atom. The van der Waals surface area contributed by atoms with Crippen LogP contribution in [0.5, 0.6) is 0 Å². The predicted octanol–water partition coefficient (Wildman–Crippen LogP) is -0.0908. The normalized spacial score (nSPS) is 29.9. The third kappa shape index (κ3) is 1.28. The summed E-state index contributed by atoms with van der Waals surface area (Å²) in [5, 5.41) is 12.8. The highest BCUT2D eigenvalue weighted by atomic mass is 19.3. The van der Waals surface area contributed by atoms with Crippen LogP contribution in [0.3, 0.4) is 0 Å². The van der Waals surface area contributed by atoms with Gasteiger partial charge in [-0.25, -0.2) is 8.78 Å². The second-order valence-electron chi connectivity index (χ2n) is 4.42. The molecule has 2 fully saturated rings. The average molecular weight is 221 g/mol. The second-order valence-corrected chi connectivity index (χ2v) is 4.42. The molecule has 1 saturated heterocycles. The summed E-state index contributed by atoms with van der Waals surface area (Å²) in [4.78, 5) is 11.5. The fraction of sp³-hybridized carbons (Fsp3) is 0.889. The first kappa shape index (κ1) is 10.8. The zero-order valence-corrected chi connectivity index (χ0v) is 8.35. The van der Waals surface area contributed by atoms with Crippen LogP contribution < -0.4 is 5.32 Å². The molecule has 86 valence electrons. The maximum absolute atomic E-state index is 12.9. The van der Waals surface area contributed by atoms with Crippen molar-refractivity contribution in [3.8, 4) is 0 Å². The van der Waals surface area contributed by atoms with E-state index in [0.29, 0.717) is 0 Å². The maximum atomic E-state index is 12.9. The molecule has 0 unspecified atom stereocenters. The fourth-order valence-electron chi connectivity index (χ4n) is 2.39. The van der Waals surface area contributed by atoms with Gasteiger partial charge in [-0.2, -0.15) is 0 Å². The molecule has 0 aromatic rings. The van der Waals surface area contributed by atoms with Gasteiger partial charge in [0.05, 0.1) is 7.11 Å². The van der Waals surface area contributed by atoms with Crippen molar-refractivity contribution in [2.24, 2.45) is 5.41 Å². The molecule has 0 amide bonds. The minimum atomic E-state index is -2.86. The highest BCUT2D eigenvalue weighted by Crippen LogP contribution is 2.59. The minimum Gasteiger partial charge on any atom is -0.469 e. The number of esters is 1. The van der Waals surface area contributed by atoms with Gasteiger partial charge in [0.25, 0.3) is 5.92 Å². The van der Waals surface area contributed by atoms with E-state index in [1.807, 2.05) is 0 Å². The lowest BCUT2D eigenvalue weighted by Gasteiger charge is -2.57. The number of carbonyl (C=O) groups is 1. The zero-order chi connectivity index (χ0) is 11.3. The third-order valence-corrected chi connectivity index (χ3v) is 3.42. The number of ether oxygens (including phenoxy) is 1. The van der Waals surface area contributed by atoms with Crippen LogP contribution in [0.15, 0.2) is 0 Å². The van der Waals surface area contributed by atoms with Gasteiger partial charge in [-0.1, -0.05) is 0 Å². The number of alkyl halides is 2. The summed E-state index contributed by atoms with van der Waals surface area (Å²) in [5.41, 5.74) is -2.79. The maximum Gasteiger partial charge on any atom is 0.315 e. The van der Waals surface area contributed by atoms with E-state index in [4.69, 9.17) is 0 Å². The Kier molecular flexibility index (Phi) is 2.07. The molecule has 0 aromatic carbocycles. The third-order valence-electron chi connectivity index (χ3n) is 3.42. The molecule has 0 aromatic heterocycles. The van der Waals surface area contributed by atoms with Crippen LogP contribution in [-0.4, -0.2) is 42.8 Å². The summed E-state index contributed by atoms with van der Waals surface area (Å²) in [5.74, 6) is -3.60. The molecular weight excluding hydrogens is 208 g/mol. The summed E-state index contributed by atoms with van der Waals surface area (Å²) in [6.07, 6.45) is -1.24. The Morgan fingerprint density at radius 3 is 2.20 bits per heavy atom. The van der Waals surface area contributed by atoms with Gasteiger partial charge in [0, 0.05) is 25.9 Å². The topological polar surface area (TPSA) is 58.6 Å². The molecule has 2 aliphatic rings. The predicted molar refractivity (Wildman–Crippen MR) is 46.4 cm³/mol. The zero-order valence-electron chi connectivity index (χ0n) is 8.35. The van der Waals surface area contributed by atoms with Gasteiger partial charge < -0.3 is 15.2 Å². The van der Waals surface area contributed by atoms with Gasteiger partial charge >= 0.3 is 5.97 Å². The van der Waals surface area contributed by atoms with E-state index in [-0.39, 0.29) is 13.1 Å². The van der Waals surface area contributed by atoms with Crippen molar-refractivity contribution >= 4 is 5.97 Å². The number of methoxy groups -OCH3 is 1. The SMILES string of the molecule is COC(=O)C1(C2(O)CNC2)CC(F)(F)C1. The molecular formula is C9H13F2NO3. The van der Waals surface area contributed by atoms with Crippen LogP contribution in [0.4, 0.5) is 8.78 Å². The van der Waals surface area contributed by atoms with Crippen molar-refractivity contribution in [2.75, 3.05) is 20.2 Å². The second kappa shape index (κ2) is 2.89.